The molecule has 128 valence electrons. The molecule has 1 aromatic heterocycles. The van der Waals surface area contributed by atoms with E-state index in [0.717, 1.165) is 52.8 Å². The summed E-state index contributed by atoms with van der Waals surface area (Å²) in [5.74, 6) is 2.47. The molecule has 25 heavy (non-hydrogen) atoms. The summed E-state index contributed by atoms with van der Waals surface area (Å²) in [5.41, 5.74) is 3.81. The number of nitrogens with one attached hydrogen (secondary N) is 1. The van der Waals surface area contributed by atoms with Gasteiger partial charge in [-0.15, -0.1) is 0 Å². The third-order valence-electron chi connectivity index (χ3n) is 4.37. The topological polar surface area (TPSA) is 48.3 Å². The molecule has 0 saturated heterocycles. The standard InChI is InChI=1S/C19H18ClN3O2/c1-24-15-7-4-8-16(25-2)17(15)18-14-9-10-21-19(14)23(22-18)13-6-3-5-12(20)11-13/h3-8,11,21H,9-10H2,1-2H3. The molecule has 0 aliphatic carbocycles. The molecule has 0 radical (unpaired) electrons. The lowest BCUT2D eigenvalue weighted by Gasteiger charge is -2.12. The van der Waals surface area contributed by atoms with E-state index in [1.54, 1.807) is 14.2 Å². The van der Waals surface area contributed by atoms with Crippen molar-refractivity contribution in [2.24, 2.45) is 0 Å². The molecule has 0 amide bonds. The zero-order chi connectivity index (χ0) is 17.4. The number of benzene rings is 2. The molecular formula is C19H18ClN3O2. The molecule has 5 nitrogen and oxygen atoms in total. The molecule has 4 rings (SSSR count). The minimum absolute atomic E-state index is 0.677. The third-order valence-corrected chi connectivity index (χ3v) is 4.60. The Morgan fingerprint density at radius 2 is 1.80 bits per heavy atom. The first-order valence-electron chi connectivity index (χ1n) is 8.06. The number of hydrogen-bond donors (Lipinski definition) is 1. The number of anilines is 1. The predicted octanol–water partition coefficient (Wildman–Crippen LogP) is 4.18. The summed E-state index contributed by atoms with van der Waals surface area (Å²) in [4.78, 5) is 0. The predicted molar refractivity (Wildman–Crippen MR) is 99.3 cm³/mol. The van der Waals surface area contributed by atoms with Crippen molar-refractivity contribution in [1.82, 2.24) is 9.78 Å². The van der Waals surface area contributed by atoms with Crippen LogP contribution in [-0.2, 0) is 6.42 Å². The van der Waals surface area contributed by atoms with E-state index in [4.69, 9.17) is 26.2 Å². The lowest BCUT2D eigenvalue weighted by atomic mass is 10.0. The maximum absolute atomic E-state index is 6.16. The largest absolute Gasteiger partial charge is 0.496 e. The van der Waals surface area contributed by atoms with Gasteiger partial charge in [-0.3, -0.25) is 0 Å². The van der Waals surface area contributed by atoms with Gasteiger partial charge in [0, 0.05) is 17.1 Å². The maximum Gasteiger partial charge on any atom is 0.133 e. The Labute approximate surface area is 151 Å². The Morgan fingerprint density at radius 1 is 1.08 bits per heavy atom. The monoisotopic (exact) mass is 355 g/mol. The van der Waals surface area contributed by atoms with Gasteiger partial charge in [-0.2, -0.15) is 5.10 Å². The summed E-state index contributed by atoms with van der Waals surface area (Å²) >= 11 is 6.16. The lowest BCUT2D eigenvalue weighted by Crippen LogP contribution is -2.04. The number of methoxy groups -OCH3 is 2. The number of rotatable bonds is 4. The second-order valence-corrected chi connectivity index (χ2v) is 6.22. The smallest absolute Gasteiger partial charge is 0.133 e. The zero-order valence-electron chi connectivity index (χ0n) is 14.0. The van der Waals surface area contributed by atoms with Crippen LogP contribution in [0.5, 0.6) is 11.5 Å². The van der Waals surface area contributed by atoms with Crippen LogP contribution in [0, 0.1) is 0 Å². The third kappa shape index (κ3) is 2.61. The molecule has 0 unspecified atom stereocenters. The summed E-state index contributed by atoms with van der Waals surface area (Å²) in [7, 11) is 3.31. The second-order valence-electron chi connectivity index (χ2n) is 5.78. The first kappa shape index (κ1) is 15.8. The van der Waals surface area contributed by atoms with E-state index in [1.165, 1.54) is 0 Å². The fourth-order valence-corrected chi connectivity index (χ4v) is 3.44. The molecule has 1 N–H and O–H groups in total. The van der Waals surface area contributed by atoms with Gasteiger partial charge in [0.05, 0.1) is 25.5 Å². The van der Waals surface area contributed by atoms with Crippen LogP contribution in [-0.4, -0.2) is 30.5 Å². The molecule has 0 spiro atoms. The quantitative estimate of drug-likeness (QED) is 0.762. The van der Waals surface area contributed by atoms with E-state index in [0.29, 0.717) is 5.02 Å². The van der Waals surface area contributed by atoms with Crippen molar-refractivity contribution in [1.29, 1.82) is 0 Å². The van der Waals surface area contributed by atoms with Gasteiger partial charge in [0.2, 0.25) is 0 Å². The van der Waals surface area contributed by atoms with Crippen LogP contribution in [0.1, 0.15) is 5.56 Å². The number of hydrogen-bond acceptors (Lipinski definition) is 4. The van der Waals surface area contributed by atoms with Crippen LogP contribution in [0.4, 0.5) is 5.82 Å². The SMILES string of the molecule is COc1cccc(OC)c1-c1nn(-c2cccc(Cl)c2)c2c1CCN2. The molecule has 0 fully saturated rings. The maximum atomic E-state index is 6.16. The van der Waals surface area contributed by atoms with Crippen LogP contribution in [0.3, 0.4) is 0 Å². The highest BCUT2D eigenvalue weighted by Crippen LogP contribution is 2.43. The van der Waals surface area contributed by atoms with Crippen LogP contribution in [0.25, 0.3) is 16.9 Å². The summed E-state index contributed by atoms with van der Waals surface area (Å²) < 4.78 is 13.0. The average Bonchev–Trinajstić information content (AvgIpc) is 3.23. The van der Waals surface area contributed by atoms with E-state index < -0.39 is 0 Å². The molecular weight excluding hydrogens is 338 g/mol. The van der Waals surface area contributed by atoms with Crippen molar-refractivity contribution in [3.63, 3.8) is 0 Å². The average molecular weight is 356 g/mol. The molecule has 2 heterocycles. The van der Waals surface area contributed by atoms with Crippen molar-refractivity contribution in [2.75, 3.05) is 26.1 Å². The Morgan fingerprint density at radius 3 is 2.48 bits per heavy atom. The molecule has 0 atom stereocenters. The van der Waals surface area contributed by atoms with Crippen molar-refractivity contribution >= 4 is 17.4 Å². The van der Waals surface area contributed by atoms with Crippen molar-refractivity contribution in [3.05, 3.63) is 53.1 Å². The van der Waals surface area contributed by atoms with Gasteiger partial charge in [0.25, 0.3) is 0 Å². The molecule has 3 aromatic rings. The summed E-state index contributed by atoms with van der Waals surface area (Å²) in [6, 6.07) is 13.4. The minimum Gasteiger partial charge on any atom is -0.496 e. The number of nitrogens with zero attached hydrogens (tertiary/aromatic N) is 2. The van der Waals surface area contributed by atoms with Crippen LogP contribution in [0.15, 0.2) is 42.5 Å². The van der Waals surface area contributed by atoms with Gasteiger partial charge in [-0.25, -0.2) is 4.68 Å². The van der Waals surface area contributed by atoms with E-state index >= 15 is 0 Å². The number of fused-ring (bicyclic) bond motifs is 1. The Bertz CT molecular complexity index is 914. The highest BCUT2D eigenvalue weighted by Gasteiger charge is 2.27. The molecule has 1 aliphatic rings. The summed E-state index contributed by atoms with van der Waals surface area (Å²) in [5, 5.41) is 8.97. The molecule has 2 aromatic carbocycles. The highest BCUT2D eigenvalue weighted by atomic mass is 35.5. The van der Waals surface area contributed by atoms with Gasteiger partial charge in [-0.05, 0) is 36.8 Å². The van der Waals surface area contributed by atoms with E-state index in [-0.39, 0.29) is 0 Å². The molecule has 1 aliphatic heterocycles. The first-order chi connectivity index (χ1) is 12.2. The van der Waals surface area contributed by atoms with Gasteiger partial charge < -0.3 is 14.8 Å². The Balaban J connectivity index is 1.96. The van der Waals surface area contributed by atoms with Gasteiger partial charge in [-0.1, -0.05) is 23.7 Å². The normalized spacial score (nSPS) is 12.6. The number of aromatic nitrogens is 2. The Kier molecular flexibility index (Phi) is 4.01. The summed E-state index contributed by atoms with van der Waals surface area (Å²) in [6.07, 6.45) is 0.895. The van der Waals surface area contributed by atoms with Gasteiger partial charge in [0.15, 0.2) is 0 Å². The van der Waals surface area contributed by atoms with Crippen molar-refractivity contribution in [3.8, 4) is 28.4 Å². The van der Waals surface area contributed by atoms with Gasteiger partial charge >= 0.3 is 0 Å². The van der Waals surface area contributed by atoms with Crippen LogP contribution >= 0.6 is 11.6 Å². The molecule has 6 heteroatoms. The number of halogens is 1. The second kappa shape index (κ2) is 6.33. The Hall–Kier alpha value is -2.66. The van der Waals surface area contributed by atoms with Crippen molar-refractivity contribution in [2.45, 2.75) is 6.42 Å². The molecule has 0 bridgehead atoms. The van der Waals surface area contributed by atoms with Crippen molar-refractivity contribution < 1.29 is 9.47 Å². The fraction of sp³-hybridized carbons (Fsp3) is 0.211. The minimum atomic E-state index is 0.677. The zero-order valence-corrected chi connectivity index (χ0v) is 14.8. The van der Waals surface area contributed by atoms with Crippen LogP contribution < -0.4 is 14.8 Å². The molecule has 0 saturated carbocycles. The van der Waals surface area contributed by atoms with E-state index in [2.05, 4.69) is 5.32 Å². The van der Waals surface area contributed by atoms with Crippen LogP contribution in [0.2, 0.25) is 5.02 Å². The van der Waals surface area contributed by atoms with Gasteiger partial charge in [0.1, 0.15) is 23.0 Å². The number of ether oxygens (including phenoxy) is 2. The lowest BCUT2D eigenvalue weighted by molar-refractivity contribution is 0.397. The first-order valence-corrected chi connectivity index (χ1v) is 8.44. The van der Waals surface area contributed by atoms with E-state index in [9.17, 15) is 0 Å². The summed E-state index contributed by atoms with van der Waals surface area (Å²) in [6.45, 7) is 0.873. The fourth-order valence-electron chi connectivity index (χ4n) is 3.25. The van der Waals surface area contributed by atoms with E-state index in [1.807, 2.05) is 47.1 Å². The highest BCUT2D eigenvalue weighted by molar-refractivity contribution is 6.30.